The Morgan fingerprint density at radius 3 is 2.57 bits per heavy atom. The summed E-state index contributed by atoms with van der Waals surface area (Å²) < 4.78 is 38.2. The second-order valence-corrected chi connectivity index (χ2v) is 8.58. The standard InChI is InChI=1S/C14H18BrFN2O3S.ClH/c1-8-3-9(6-17)7-18(8)14(19)11-4-10(15)5-12(13(11)16)22(2,20)21;/h4-5,8-9H,3,6-7,17H2,1-2H3;1H. The lowest BCUT2D eigenvalue weighted by Gasteiger charge is -2.22. The average molecular weight is 430 g/mol. The number of carbonyl (C=O) groups excluding carboxylic acids is 1. The summed E-state index contributed by atoms with van der Waals surface area (Å²) in [5.41, 5.74) is 5.40. The van der Waals surface area contributed by atoms with Gasteiger partial charge in [-0.15, -0.1) is 12.4 Å². The Morgan fingerprint density at radius 2 is 2.09 bits per heavy atom. The van der Waals surface area contributed by atoms with Crippen LogP contribution in [0.25, 0.3) is 0 Å². The molecule has 1 heterocycles. The highest BCUT2D eigenvalue weighted by Gasteiger charge is 2.34. The minimum atomic E-state index is -3.76. The smallest absolute Gasteiger partial charge is 0.257 e. The largest absolute Gasteiger partial charge is 0.336 e. The Hall–Kier alpha value is -0.700. The summed E-state index contributed by atoms with van der Waals surface area (Å²) in [6.45, 7) is 2.79. The summed E-state index contributed by atoms with van der Waals surface area (Å²) in [6, 6.07) is 2.42. The minimum absolute atomic E-state index is 0. The van der Waals surface area contributed by atoms with E-state index in [0.717, 1.165) is 18.7 Å². The van der Waals surface area contributed by atoms with E-state index in [-0.39, 0.29) is 29.9 Å². The summed E-state index contributed by atoms with van der Waals surface area (Å²) in [4.78, 5) is 13.7. The number of nitrogens with two attached hydrogens (primary N) is 1. The van der Waals surface area contributed by atoms with Gasteiger partial charge in [0.05, 0.1) is 5.56 Å². The zero-order valence-corrected chi connectivity index (χ0v) is 16.0. The molecule has 23 heavy (non-hydrogen) atoms. The molecule has 0 aliphatic carbocycles. The Bertz CT molecular complexity index is 714. The monoisotopic (exact) mass is 428 g/mol. The predicted molar refractivity (Wildman–Crippen MR) is 92.1 cm³/mol. The lowest BCUT2D eigenvalue weighted by molar-refractivity contribution is 0.0738. The number of halogens is 3. The van der Waals surface area contributed by atoms with Crippen LogP contribution in [0.2, 0.25) is 0 Å². The van der Waals surface area contributed by atoms with Gasteiger partial charge in [0.15, 0.2) is 15.7 Å². The molecular weight excluding hydrogens is 411 g/mol. The number of carbonyl (C=O) groups is 1. The van der Waals surface area contributed by atoms with Gasteiger partial charge in [-0.25, -0.2) is 12.8 Å². The van der Waals surface area contributed by atoms with Crippen molar-refractivity contribution in [2.75, 3.05) is 19.3 Å². The molecule has 9 heteroatoms. The van der Waals surface area contributed by atoms with Crippen molar-refractivity contribution in [1.82, 2.24) is 4.90 Å². The number of sulfone groups is 1. The van der Waals surface area contributed by atoms with Gasteiger partial charge in [-0.05, 0) is 37.9 Å². The lowest BCUT2D eigenvalue weighted by atomic mass is 10.1. The molecule has 0 radical (unpaired) electrons. The number of likely N-dealkylation sites (tertiary alicyclic amines) is 1. The van der Waals surface area contributed by atoms with Crippen molar-refractivity contribution in [2.45, 2.75) is 24.3 Å². The van der Waals surface area contributed by atoms with Gasteiger partial charge >= 0.3 is 0 Å². The van der Waals surface area contributed by atoms with Crippen LogP contribution < -0.4 is 5.73 Å². The van der Waals surface area contributed by atoms with Crippen molar-refractivity contribution in [3.05, 3.63) is 28.0 Å². The number of rotatable bonds is 3. The van der Waals surface area contributed by atoms with Crippen LogP contribution in [0.4, 0.5) is 4.39 Å². The molecule has 5 nitrogen and oxygen atoms in total. The zero-order chi connectivity index (χ0) is 16.7. The van der Waals surface area contributed by atoms with Crippen LogP contribution >= 0.6 is 28.3 Å². The van der Waals surface area contributed by atoms with E-state index >= 15 is 0 Å². The maximum Gasteiger partial charge on any atom is 0.257 e. The van der Waals surface area contributed by atoms with Crippen LogP contribution in [0.3, 0.4) is 0 Å². The van der Waals surface area contributed by atoms with Crippen LogP contribution in [-0.2, 0) is 9.84 Å². The quantitative estimate of drug-likeness (QED) is 0.799. The highest BCUT2D eigenvalue weighted by Crippen LogP contribution is 2.29. The van der Waals surface area contributed by atoms with E-state index in [0.29, 0.717) is 17.6 Å². The van der Waals surface area contributed by atoms with E-state index in [9.17, 15) is 17.6 Å². The minimum Gasteiger partial charge on any atom is -0.336 e. The van der Waals surface area contributed by atoms with Crippen LogP contribution in [0.1, 0.15) is 23.7 Å². The van der Waals surface area contributed by atoms with Crippen molar-refractivity contribution >= 4 is 44.1 Å². The van der Waals surface area contributed by atoms with E-state index in [1.54, 1.807) is 4.90 Å². The molecule has 1 aliphatic heterocycles. The summed E-state index contributed by atoms with van der Waals surface area (Å²) in [7, 11) is -3.76. The summed E-state index contributed by atoms with van der Waals surface area (Å²) in [5.74, 6) is -1.32. The molecule has 2 unspecified atom stereocenters. The summed E-state index contributed by atoms with van der Waals surface area (Å²) in [6.07, 6.45) is 1.67. The first kappa shape index (κ1) is 20.3. The van der Waals surface area contributed by atoms with Gasteiger partial charge in [-0.2, -0.15) is 0 Å². The second kappa shape index (κ2) is 7.46. The fourth-order valence-corrected chi connectivity index (χ4v) is 4.13. The molecule has 1 amide bonds. The first-order valence-electron chi connectivity index (χ1n) is 6.85. The first-order valence-corrected chi connectivity index (χ1v) is 9.53. The van der Waals surface area contributed by atoms with Crippen molar-refractivity contribution in [3.63, 3.8) is 0 Å². The van der Waals surface area contributed by atoms with Gasteiger partial charge in [0.2, 0.25) is 0 Å². The highest BCUT2D eigenvalue weighted by atomic mass is 79.9. The topological polar surface area (TPSA) is 80.5 Å². The van der Waals surface area contributed by atoms with E-state index in [1.807, 2.05) is 6.92 Å². The maximum absolute atomic E-state index is 14.5. The van der Waals surface area contributed by atoms with Gasteiger partial charge < -0.3 is 10.6 Å². The molecule has 130 valence electrons. The molecule has 2 rings (SSSR count). The van der Waals surface area contributed by atoms with Crippen LogP contribution in [0.5, 0.6) is 0 Å². The molecule has 0 aromatic heterocycles. The molecule has 1 aliphatic rings. The Kier molecular flexibility index (Phi) is 6.60. The summed E-state index contributed by atoms with van der Waals surface area (Å²) in [5, 5.41) is 0. The molecule has 2 N–H and O–H groups in total. The highest BCUT2D eigenvalue weighted by molar-refractivity contribution is 9.10. The average Bonchev–Trinajstić information content (AvgIpc) is 2.80. The van der Waals surface area contributed by atoms with Gasteiger partial charge in [0.1, 0.15) is 4.90 Å². The third kappa shape index (κ3) is 4.23. The molecule has 0 saturated carbocycles. The SMILES string of the molecule is CC1CC(CN)CN1C(=O)c1cc(Br)cc(S(C)(=O)=O)c1F.Cl. The van der Waals surface area contributed by atoms with Crippen molar-refractivity contribution in [2.24, 2.45) is 11.7 Å². The van der Waals surface area contributed by atoms with Crippen molar-refractivity contribution < 1.29 is 17.6 Å². The Balaban J connectivity index is 0.00000264. The number of benzene rings is 1. The van der Waals surface area contributed by atoms with Gasteiger partial charge in [-0.1, -0.05) is 15.9 Å². The summed E-state index contributed by atoms with van der Waals surface area (Å²) >= 11 is 3.14. The third-order valence-corrected chi connectivity index (χ3v) is 5.44. The number of nitrogens with zero attached hydrogens (tertiary/aromatic N) is 1. The number of hydrogen-bond donors (Lipinski definition) is 1. The predicted octanol–water partition coefficient (Wildman–Crippen LogP) is 2.22. The van der Waals surface area contributed by atoms with E-state index in [4.69, 9.17) is 5.73 Å². The molecule has 1 aromatic rings. The number of amides is 1. The maximum atomic E-state index is 14.5. The Labute approximate surface area is 149 Å². The van der Waals surface area contributed by atoms with E-state index < -0.39 is 26.5 Å². The van der Waals surface area contributed by atoms with Gasteiger partial charge in [0.25, 0.3) is 5.91 Å². The van der Waals surface area contributed by atoms with E-state index in [2.05, 4.69) is 15.9 Å². The normalized spacial score (nSPS) is 21.2. The van der Waals surface area contributed by atoms with Gasteiger partial charge in [0, 0.05) is 23.3 Å². The zero-order valence-electron chi connectivity index (χ0n) is 12.8. The molecule has 1 aromatic carbocycles. The van der Waals surface area contributed by atoms with Gasteiger partial charge in [-0.3, -0.25) is 4.79 Å². The fraction of sp³-hybridized carbons (Fsp3) is 0.500. The molecule has 1 fully saturated rings. The molecular formula is C14H19BrClFN2O3S. The second-order valence-electron chi connectivity index (χ2n) is 5.68. The third-order valence-electron chi connectivity index (χ3n) is 3.89. The molecule has 0 spiro atoms. The fourth-order valence-electron chi connectivity index (χ4n) is 2.74. The van der Waals surface area contributed by atoms with Crippen LogP contribution in [0.15, 0.2) is 21.5 Å². The molecule has 2 atom stereocenters. The Morgan fingerprint density at radius 1 is 1.48 bits per heavy atom. The molecule has 0 bridgehead atoms. The molecule has 1 saturated heterocycles. The van der Waals surface area contributed by atoms with Crippen molar-refractivity contribution in [3.8, 4) is 0 Å². The van der Waals surface area contributed by atoms with Crippen molar-refractivity contribution in [1.29, 1.82) is 0 Å². The lowest BCUT2D eigenvalue weighted by Crippen LogP contribution is -2.35. The van der Waals surface area contributed by atoms with Crippen LogP contribution in [-0.4, -0.2) is 44.6 Å². The van der Waals surface area contributed by atoms with E-state index in [1.165, 1.54) is 6.07 Å². The number of hydrogen-bond acceptors (Lipinski definition) is 4. The first-order chi connectivity index (χ1) is 10.1. The van der Waals surface area contributed by atoms with Crippen LogP contribution in [0, 0.1) is 11.7 Å².